The second-order valence-corrected chi connectivity index (χ2v) is 6.95. The van der Waals surface area contributed by atoms with E-state index in [1.165, 1.54) is 6.42 Å². The zero-order valence-corrected chi connectivity index (χ0v) is 13.9. The second kappa shape index (κ2) is 6.93. The maximum atomic E-state index is 10.2. The highest BCUT2D eigenvalue weighted by atomic mass is 35.5. The van der Waals surface area contributed by atoms with Crippen molar-refractivity contribution in [3.05, 3.63) is 28.2 Å². The molecular weight excluding hydrogens is 325 g/mol. The van der Waals surface area contributed by atoms with E-state index in [2.05, 4.69) is 4.90 Å². The lowest BCUT2D eigenvalue weighted by Gasteiger charge is -2.48. The number of rotatable bonds is 5. The summed E-state index contributed by atoms with van der Waals surface area (Å²) in [6.45, 7) is 3.24. The van der Waals surface area contributed by atoms with E-state index in [-0.39, 0.29) is 12.2 Å². The van der Waals surface area contributed by atoms with Crippen LogP contribution in [0.2, 0.25) is 10.0 Å². The summed E-state index contributed by atoms with van der Waals surface area (Å²) in [4.78, 5) is 2.25. The van der Waals surface area contributed by atoms with Crippen molar-refractivity contribution in [1.82, 2.24) is 4.90 Å². The Bertz CT molecular complexity index is 502. The van der Waals surface area contributed by atoms with E-state index in [0.717, 1.165) is 32.5 Å². The van der Waals surface area contributed by atoms with E-state index in [9.17, 15) is 5.11 Å². The van der Waals surface area contributed by atoms with Gasteiger partial charge in [0.2, 0.25) is 0 Å². The van der Waals surface area contributed by atoms with E-state index in [0.29, 0.717) is 22.3 Å². The number of hydrogen-bond acceptors (Lipinski definition) is 4. The highest BCUT2D eigenvalue weighted by molar-refractivity contribution is 6.37. The maximum Gasteiger partial charge on any atom is 0.156 e. The predicted molar refractivity (Wildman–Crippen MR) is 86.9 cm³/mol. The number of hydrogen-bond donors (Lipinski definition) is 1. The van der Waals surface area contributed by atoms with Crippen molar-refractivity contribution in [3.63, 3.8) is 0 Å². The molecule has 1 spiro atoms. The molecule has 0 aromatic heterocycles. The molecule has 1 saturated heterocycles. The first-order chi connectivity index (χ1) is 10.6. The molecule has 3 rings (SSSR count). The van der Waals surface area contributed by atoms with Crippen molar-refractivity contribution < 1.29 is 14.6 Å². The molecule has 2 fully saturated rings. The Kier molecular flexibility index (Phi) is 5.15. The molecule has 122 valence electrons. The summed E-state index contributed by atoms with van der Waals surface area (Å²) in [6, 6.07) is 5.20. The van der Waals surface area contributed by atoms with Gasteiger partial charge in [0.05, 0.1) is 22.3 Å². The minimum absolute atomic E-state index is 0.0465. The van der Waals surface area contributed by atoms with Gasteiger partial charge >= 0.3 is 0 Å². The smallest absolute Gasteiger partial charge is 0.156 e. The van der Waals surface area contributed by atoms with E-state index in [1.807, 2.05) is 0 Å². The third-order valence-corrected chi connectivity index (χ3v) is 5.00. The van der Waals surface area contributed by atoms with Gasteiger partial charge in [0.15, 0.2) is 5.75 Å². The summed E-state index contributed by atoms with van der Waals surface area (Å²) in [5, 5.41) is 11.1. The van der Waals surface area contributed by atoms with Crippen LogP contribution in [-0.2, 0) is 4.74 Å². The van der Waals surface area contributed by atoms with Crippen LogP contribution in [0, 0.1) is 0 Å². The van der Waals surface area contributed by atoms with Gasteiger partial charge in [-0.2, -0.15) is 0 Å². The van der Waals surface area contributed by atoms with Crippen LogP contribution in [0.3, 0.4) is 0 Å². The molecule has 1 atom stereocenters. The molecule has 22 heavy (non-hydrogen) atoms. The third kappa shape index (κ3) is 3.69. The molecule has 1 saturated carbocycles. The topological polar surface area (TPSA) is 41.9 Å². The van der Waals surface area contributed by atoms with Crippen molar-refractivity contribution in [2.45, 2.75) is 31.0 Å². The molecule has 0 radical (unpaired) electrons. The van der Waals surface area contributed by atoms with E-state index in [1.54, 1.807) is 18.2 Å². The molecule has 1 aliphatic heterocycles. The van der Waals surface area contributed by atoms with Gasteiger partial charge in [-0.05, 0) is 31.4 Å². The van der Waals surface area contributed by atoms with E-state index >= 15 is 0 Å². The Balaban J connectivity index is 1.49. The van der Waals surface area contributed by atoms with E-state index < -0.39 is 6.10 Å². The SMILES string of the molecule is OC(COc1c(Cl)cccc1Cl)CN1CCOC2(CCC2)C1. The summed E-state index contributed by atoms with van der Waals surface area (Å²) < 4.78 is 11.5. The van der Waals surface area contributed by atoms with Crippen molar-refractivity contribution >= 4 is 23.2 Å². The second-order valence-electron chi connectivity index (χ2n) is 6.14. The fourth-order valence-corrected chi connectivity index (χ4v) is 3.61. The zero-order valence-electron chi connectivity index (χ0n) is 12.4. The van der Waals surface area contributed by atoms with Crippen molar-refractivity contribution in [2.24, 2.45) is 0 Å². The zero-order chi connectivity index (χ0) is 15.6. The molecule has 0 bridgehead atoms. The molecule has 1 heterocycles. The van der Waals surface area contributed by atoms with Gasteiger partial charge in [-0.1, -0.05) is 29.3 Å². The molecule has 1 aromatic rings. The molecular formula is C16H21Cl2NO3. The van der Waals surface area contributed by atoms with Gasteiger partial charge in [0.25, 0.3) is 0 Å². The highest BCUT2D eigenvalue weighted by Gasteiger charge is 2.42. The fraction of sp³-hybridized carbons (Fsp3) is 0.625. The first-order valence-electron chi connectivity index (χ1n) is 7.69. The molecule has 6 heteroatoms. The standard InChI is InChI=1S/C16H21Cl2NO3/c17-13-3-1-4-14(18)15(13)21-10-12(20)9-19-7-8-22-16(11-19)5-2-6-16/h1,3-4,12,20H,2,5-11H2. The van der Waals surface area contributed by atoms with Crippen LogP contribution in [0.1, 0.15) is 19.3 Å². The highest BCUT2D eigenvalue weighted by Crippen LogP contribution is 2.38. The summed E-state index contributed by atoms with van der Waals surface area (Å²) in [5.74, 6) is 0.433. The Labute approximate surface area is 140 Å². The third-order valence-electron chi connectivity index (χ3n) is 4.40. The van der Waals surface area contributed by atoms with Gasteiger partial charge in [0, 0.05) is 19.6 Å². The van der Waals surface area contributed by atoms with Crippen LogP contribution in [0.15, 0.2) is 18.2 Å². The number of nitrogens with zero attached hydrogens (tertiary/aromatic N) is 1. The average molecular weight is 346 g/mol. The summed E-state index contributed by atoms with van der Waals surface area (Å²) >= 11 is 12.1. The molecule has 4 nitrogen and oxygen atoms in total. The van der Waals surface area contributed by atoms with E-state index in [4.69, 9.17) is 32.7 Å². The van der Waals surface area contributed by atoms with Gasteiger partial charge in [-0.3, -0.25) is 4.90 Å². The minimum Gasteiger partial charge on any atom is -0.488 e. The first-order valence-corrected chi connectivity index (χ1v) is 8.45. The summed E-state index contributed by atoms with van der Waals surface area (Å²) in [7, 11) is 0. The van der Waals surface area contributed by atoms with Crippen LogP contribution in [0.5, 0.6) is 5.75 Å². The van der Waals surface area contributed by atoms with Crippen LogP contribution >= 0.6 is 23.2 Å². The quantitative estimate of drug-likeness (QED) is 0.890. The number of morpholine rings is 1. The Morgan fingerprint density at radius 3 is 2.68 bits per heavy atom. The van der Waals surface area contributed by atoms with Crippen molar-refractivity contribution in [2.75, 3.05) is 32.8 Å². The van der Waals surface area contributed by atoms with Crippen LogP contribution in [0.4, 0.5) is 0 Å². The van der Waals surface area contributed by atoms with Gasteiger partial charge in [0.1, 0.15) is 12.7 Å². The lowest BCUT2D eigenvalue weighted by atomic mass is 9.79. The summed E-state index contributed by atoms with van der Waals surface area (Å²) in [6.07, 6.45) is 2.92. The molecule has 1 aromatic carbocycles. The van der Waals surface area contributed by atoms with Crippen molar-refractivity contribution in [1.29, 1.82) is 0 Å². The fourth-order valence-electron chi connectivity index (χ4n) is 3.10. The number of aliphatic hydroxyl groups excluding tert-OH is 1. The number of halogens is 2. The van der Waals surface area contributed by atoms with Crippen LogP contribution < -0.4 is 4.74 Å². The normalized spacial score (nSPS) is 22.3. The Morgan fingerprint density at radius 2 is 2.05 bits per heavy atom. The number of ether oxygens (including phenoxy) is 2. The summed E-state index contributed by atoms with van der Waals surface area (Å²) in [5.41, 5.74) is 0.0465. The largest absolute Gasteiger partial charge is 0.488 e. The van der Waals surface area contributed by atoms with Crippen LogP contribution in [-0.4, -0.2) is 54.6 Å². The number of para-hydroxylation sites is 1. The first kappa shape index (κ1) is 16.3. The number of β-amino-alcohol motifs (C(OH)–C–C–N with tert-alkyl or cyclic N) is 1. The number of benzene rings is 1. The predicted octanol–water partition coefficient (Wildman–Crippen LogP) is 2.99. The average Bonchev–Trinajstić information content (AvgIpc) is 2.45. The van der Waals surface area contributed by atoms with Gasteiger partial charge in [-0.15, -0.1) is 0 Å². The minimum atomic E-state index is -0.581. The van der Waals surface area contributed by atoms with Gasteiger partial charge < -0.3 is 14.6 Å². The Hall–Kier alpha value is -0.520. The Morgan fingerprint density at radius 1 is 1.32 bits per heavy atom. The monoisotopic (exact) mass is 345 g/mol. The van der Waals surface area contributed by atoms with Gasteiger partial charge in [-0.25, -0.2) is 0 Å². The number of aliphatic hydroxyl groups is 1. The molecule has 2 aliphatic rings. The molecule has 1 unspecified atom stereocenters. The van der Waals surface area contributed by atoms with Crippen LogP contribution in [0.25, 0.3) is 0 Å². The lowest BCUT2D eigenvalue weighted by molar-refractivity contribution is -0.155. The molecule has 1 N–H and O–H groups in total. The lowest BCUT2D eigenvalue weighted by Crippen LogP contribution is -2.57. The maximum absolute atomic E-state index is 10.2. The molecule has 0 amide bonds. The molecule has 1 aliphatic carbocycles. The van der Waals surface area contributed by atoms with Crippen molar-refractivity contribution in [3.8, 4) is 5.75 Å².